The number of benzene rings is 2. The van der Waals surface area contributed by atoms with Crippen LogP contribution in [-0.4, -0.2) is 16.7 Å². The lowest BCUT2D eigenvalue weighted by molar-refractivity contribution is -0.384. The molecule has 0 spiro atoms. The molecule has 0 bridgehead atoms. The van der Waals surface area contributed by atoms with Crippen molar-refractivity contribution in [3.8, 4) is 11.5 Å². The van der Waals surface area contributed by atoms with E-state index in [-0.39, 0.29) is 34.5 Å². The Bertz CT molecular complexity index is 1130. The number of ketones is 1. The first kappa shape index (κ1) is 17.2. The predicted octanol–water partition coefficient (Wildman–Crippen LogP) is 4.02. The van der Waals surface area contributed by atoms with Gasteiger partial charge in [-0.3, -0.25) is 14.9 Å². The minimum atomic E-state index is -0.679. The SMILES string of the molecule is O=C(Oc1ccc2c(c1)OC(=Cc1cccc([N+](=O)[O-])c1)C2=O)c1ccco1. The Kier molecular flexibility index (Phi) is 4.21. The zero-order valence-corrected chi connectivity index (χ0v) is 14.2. The van der Waals surface area contributed by atoms with Crippen LogP contribution in [0, 0.1) is 10.1 Å². The van der Waals surface area contributed by atoms with Crippen molar-refractivity contribution in [2.45, 2.75) is 0 Å². The monoisotopic (exact) mass is 377 g/mol. The molecule has 0 radical (unpaired) electrons. The molecule has 138 valence electrons. The van der Waals surface area contributed by atoms with Crippen molar-refractivity contribution in [3.63, 3.8) is 0 Å². The molecule has 1 aromatic heterocycles. The Hall–Kier alpha value is -4.20. The second kappa shape index (κ2) is 6.84. The largest absolute Gasteiger partial charge is 0.457 e. The lowest BCUT2D eigenvalue weighted by Gasteiger charge is -2.04. The van der Waals surface area contributed by atoms with Gasteiger partial charge in [-0.1, -0.05) is 12.1 Å². The Labute approximate surface area is 157 Å². The molecule has 2 aromatic carbocycles. The van der Waals surface area contributed by atoms with Gasteiger partial charge in [0.15, 0.2) is 5.76 Å². The Balaban J connectivity index is 1.57. The van der Waals surface area contributed by atoms with Crippen molar-refractivity contribution in [2.75, 3.05) is 0 Å². The fourth-order valence-corrected chi connectivity index (χ4v) is 2.66. The van der Waals surface area contributed by atoms with Gasteiger partial charge in [0.05, 0.1) is 16.7 Å². The zero-order valence-electron chi connectivity index (χ0n) is 14.2. The van der Waals surface area contributed by atoms with Crippen molar-refractivity contribution in [1.29, 1.82) is 0 Å². The smallest absolute Gasteiger partial charge is 0.379 e. The number of esters is 1. The number of nitrogens with zero attached hydrogens (tertiary/aromatic N) is 1. The van der Waals surface area contributed by atoms with Gasteiger partial charge in [0.1, 0.15) is 11.5 Å². The second-order valence-corrected chi connectivity index (χ2v) is 5.82. The summed E-state index contributed by atoms with van der Waals surface area (Å²) in [5, 5.41) is 10.9. The topological polar surface area (TPSA) is 109 Å². The number of non-ortho nitro benzene ring substituents is 1. The van der Waals surface area contributed by atoms with Crippen LogP contribution in [0.25, 0.3) is 6.08 Å². The van der Waals surface area contributed by atoms with Gasteiger partial charge in [0.2, 0.25) is 11.5 Å². The number of rotatable bonds is 4. The molecule has 28 heavy (non-hydrogen) atoms. The lowest BCUT2D eigenvalue weighted by atomic mass is 10.1. The minimum Gasteiger partial charge on any atom is -0.457 e. The number of nitro groups is 1. The second-order valence-electron chi connectivity index (χ2n) is 5.82. The highest BCUT2D eigenvalue weighted by Crippen LogP contribution is 2.35. The molecule has 8 heteroatoms. The summed E-state index contributed by atoms with van der Waals surface area (Å²) < 4.78 is 15.7. The summed E-state index contributed by atoms with van der Waals surface area (Å²) >= 11 is 0. The highest BCUT2D eigenvalue weighted by Gasteiger charge is 2.28. The fourth-order valence-electron chi connectivity index (χ4n) is 2.66. The van der Waals surface area contributed by atoms with Gasteiger partial charge >= 0.3 is 5.97 Å². The Morgan fingerprint density at radius 3 is 2.71 bits per heavy atom. The molecule has 0 saturated heterocycles. The number of carbonyl (C=O) groups excluding carboxylic acids is 2. The third-order valence-electron chi connectivity index (χ3n) is 3.95. The van der Waals surface area contributed by atoms with Crippen LogP contribution >= 0.6 is 0 Å². The molecule has 3 aromatic rings. The number of furan rings is 1. The van der Waals surface area contributed by atoms with Crippen LogP contribution in [0.3, 0.4) is 0 Å². The van der Waals surface area contributed by atoms with E-state index in [9.17, 15) is 19.7 Å². The van der Waals surface area contributed by atoms with Crippen molar-refractivity contribution in [2.24, 2.45) is 0 Å². The molecular formula is C20H11NO7. The van der Waals surface area contributed by atoms with Gasteiger partial charge in [0, 0.05) is 18.2 Å². The molecule has 0 atom stereocenters. The minimum absolute atomic E-state index is 0.0185. The lowest BCUT2D eigenvalue weighted by Crippen LogP contribution is -2.07. The molecule has 0 aliphatic carbocycles. The molecule has 2 heterocycles. The van der Waals surface area contributed by atoms with Crippen LogP contribution in [-0.2, 0) is 0 Å². The van der Waals surface area contributed by atoms with Gasteiger partial charge in [-0.05, 0) is 35.9 Å². The number of Topliss-reactive ketones (excluding diaryl/α,β-unsaturated/α-hetero) is 1. The van der Waals surface area contributed by atoms with E-state index in [0.29, 0.717) is 11.1 Å². The van der Waals surface area contributed by atoms with E-state index in [1.54, 1.807) is 12.1 Å². The number of ether oxygens (including phenoxy) is 2. The van der Waals surface area contributed by atoms with Crippen LogP contribution in [0.1, 0.15) is 26.5 Å². The first-order valence-electron chi connectivity index (χ1n) is 8.10. The summed E-state index contributed by atoms with van der Waals surface area (Å²) in [5.41, 5.74) is 0.661. The van der Waals surface area contributed by atoms with Crippen molar-refractivity contribution in [3.05, 3.63) is 93.6 Å². The van der Waals surface area contributed by atoms with Crippen LogP contribution in [0.4, 0.5) is 5.69 Å². The van der Waals surface area contributed by atoms with Crippen molar-refractivity contribution in [1.82, 2.24) is 0 Å². The summed E-state index contributed by atoms with van der Waals surface area (Å²) in [6, 6.07) is 13.2. The maximum Gasteiger partial charge on any atom is 0.379 e. The number of nitro benzene ring substituents is 1. The summed E-state index contributed by atoms with van der Waals surface area (Å²) in [4.78, 5) is 34.8. The fraction of sp³-hybridized carbons (Fsp3) is 0. The highest BCUT2D eigenvalue weighted by molar-refractivity contribution is 6.14. The normalized spacial score (nSPS) is 13.9. The maximum atomic E-state index is 12.5. The molecular weight excluding hydrogens is 366 g/mol. The first-order chi connectivity index (χ1) is 13.5. The molecule has 0 unspecified atom stereocenters. The number of fused-ring (bicyclic) bond motifs is 1. The summed E-state index contributed by atoms with van der Waals surface area (Å²) in [5.74, 6) is -0.572. The number of allylic oxidation sites excluding steroid dienone is 1. The third kappa shape index (κ3) is 3.26. The quantitative estimate of drug-likeness (QED) is 0.222. The number of hydrogen-bond donors (Lipinski definition) is 0. The van der Waals surface area contributed by atoms with Crippen LogP contribution < -0.4 is 9.47 Å². The van der Waals surface area contributed by atoms with Gasteiger partial charge in [-0.25, -0.2) is 4.79 Å². The van der Waals surface area contributed by atoms with E-state index in [1.807, 2.05) is 0 Å². The van der Waals surface area contributed by atoms with Crippen LogP contribution in [0.2, 0.25) is 0 Å². The average molecular weight is 377 g/mol. The summed E-state index contributed by atoms with van der Waals surface area (Å²) in [6.07, 6.45) is 2.77. The Morgan fingerprint density at radius 1 is 1.11 bits per heavy atom. The first-order valence-corrected chi connectivity index (χ1v) is 8.10. The van der Waals surface area contributed by atoms with E-state index in [4.69, 9.17) is 13.9 Å². The zero-order chi connectivity index (χ0) is 19.7. The van der Waals surface area contributed by atoms with E-state index in [0.717, 1.165) is 0 Å². The molecule has 1 aliphatic heterocycles. The summed E-state index contributed by atoms with van der Waals surface area (Å²) in [6.45, 7) is 0. The van der Waals surface area contributed by atoms with Gasteiger partial charge < -0.3 is 13.9 Å². The molecule has 4 rings (SSSR count). The third-order valence-corrected chi connectivity index (χ3v) is 3.95. The molecule has 8 nitrogen and oxygen atoms in total. The Morgan fingerprint density at radius 2 is 1.96 bits per heavy atom. The van der Waals surface area contributed by atoms with E-state index in [1.165, 1.54) is 54.8 Å². The van der Waals surface area contributed by atoms with E-state index in [2.05, 4.69) is 0 Å². The molecule has 0 fully saturated rings. The highest BCUT2D eigenvalue weighted by atomic mass is 16.6. The van der Waals surface area contributed by atoms with Crippen molar-refractivity contribution >= 4 is 23.5 Å². The average Bonchev–Trinajstić information content (AvgIpc) is 3.31. The molecule has 1 aliphatic rings. The van der Waals surface area contributed by atoms with Gasteiger partial charge in [-0.2, -0.15) is 0 Å². The standard InChI is InChI=1S/C20H11NO7/c22-19-15-7-6-14(27-20(23)16-5-2-8-26-16)11-17(15)28-18(19)10-12-3-1-4-13(9-12)21(24)25/h1-11H. The maximum absolute atomic E-state index is 12.5. The van der Waals surface area contributed by atoms with Crippen molar-refractivity contribution < 1.29 is 28.4 Å². The number of hydrogen-bond acceptors (Lipinski definition) is 7. The summed E-state index contributed by atoms with van der Waals surface area (Å²) in [7, 11) is 0. The van der Waals surface area contributed by atoms with Gasteiger partial charge in [-0.15, -0.1) is 0 Å². The predicted molar refractivity (Wildman–Crippen MR) is 96.1 cm³/mol. The van der Waals surface area contributed by atoms with Crippen LogP contribution in [0.15, 0.2) is 71.0 Å². The molecule has 0 amide bonds. The van der Waals surface area contributed by atoms with Crippen LogP contribution in [0.5, 0.6) is 11.5 Å². The molecule has 0 saturated carbocycles. The van der Waals surface area contributed by atoms with E-state index < -0.39 is 10.9 Å². The molecule has 0 N–H and O–H groups in total. The van der Waals surface area contributed by atoms with Gasteiger partial charge in [0.25, 0.3) is 5.69 Å². The van der Waals surface area contributed by atoms with E-state index >= 15 is 0 Å². The number of carbonyl (C=O) groups is 2.